The first-order chi connectivity index (χ1) is 2.50. The van der Waals surface area contributed by atoms with Gasteiger partial charge in [0.15, 0.2) is 0 Å². The van der Waals surface area contributed by atoms with Crippen LogP contribution in [0.2, 0.25) is 4.44 Å². The van der Waals surface area contributed by atoms with Crippen LogP contribution in [0.15, 0.2) is 0 Å². The van der Waals surface area contributed by atoms with E-state index >= 15 is 0 Å². The predicted octanol–water partition coefficient (Wildman–Crippen LogP) is 1.42. The van der Waals surface area contributed by atoms with Crippen molar-refractivity contribution in [3.63, 3.8) is 0 Å². The molecule has 0 aromatic heterocycles. The average Bonchev–Trinajstić information content (AvgIpc) is 1.76. The van der Waals surface area contributed by atoms with Gasteiger partial charge in [0.1, 0.15) is 0 Å². The molecule has 0 aromatic carbocycles. The van der Waals surface area contributed by atoms with Gasteiger partial charge in [-0.15, -0.1) is 0 Å². The SMILES string of the molecule is C1[CH2][Sn][S]S1. The van der Waals surface area contributed by atoms with Crippen LogP contribution in [-0.4, -0.2) is 25.5 Å². The van der Waals surface area contributed by atoms with Crippen molar-refractivity contribution < 1.29 is 0 Å². The summed E-state index contributed by atoms with van der Waals surface area (Å²) in [4.78, 5) is 0. The molecule has 0 aliphatic carbocycles. The quantitative estimate of drug-likeness (QED) is 0.438. The molecule has 1 rings (SSSR count). The maximum absolute atomic E-state index is 2.16. The van der Waals surface area contributed by atoms with Gasteiger partial charge in [-0.3, -0.25) is 0 Å². The van der Waals surface area contributed by atoms with Gasteiger partial charge >= 0.3 is 48.7 Å². The summed E-state index contributed by atoms with van der Waals surface area (Å²) in [7, 11) is 4.23. The van der Waals surface area contributed by atoms with Crippen LogP contribution in [0.25, 0.3) is 0 Å². The zero-order valence-corrected chi connectivity index (χ0v) is 7.22. The van der Waals surface area contributed by atoms with Gasteiger partial charge in [-0.05, 0) is 0 Å². The molecule has 1 aliphatic rings. The maximum atomic E-state index is 2.16. The molecule has 0 atom stereocenters. The van der Waals surface area contributed by atoms with Gasteiger partial charge < -0.3 is 0 Å². The third-order valence-electron chi connectivity index (χ3n) is 0.405. The second-order valence-corrected chi connectivity index (χ2v) is 11.3. The van der Waals surface area contributed by atoms with E-state index in [-0.39, 0.29) is 19.8 Å². The van der Waals surface area contributed by atoms with Crippen LogP contribution in [0.3, 0.4) is 0 Å². The van der Waals surface area contributed by atoms with E-state index in [9.17, 15) is 0 Å². The molecule has 28 valence electrons. The second kappa shape index (κ2) is 2.64. The molecule has 5 heavy (non-hydrogen) atoms. The third-order valence-corrected chi connectivity index (χ3v) is 12.0. The zero-order valence-electron chi connectivity index (χ0n) is 2.73. The van der Waals surface area contributed by atoms with Gasteiger partial charge in [0.2, 0.25) is 0 Å². The Kier molecular flexibility index (Phi) is 2.45. The molecule has 2 radical (unpaired) electrons. The Morgan fingerprint density at radius 3 is 2.80 bits per heavy atom. The molecular formula is C2H4S2Sn. The van der Waals surface area contributed by atoms with E-state index < -0.39 is 0 Å². The van der Waals surface area contributed by atoms with Crippen molar-refractivity contribution in [2.24, 2.45) is 0 Å². The molecule has 0 unspecified atom stereocenters. The molecule has 0 bridgehead atoms. The van der Waals surface area contributed by atoms with Crippen molar-refractivity contribution in [1.82, 2.24) is 0 Å². The van der Waals surface area contributed by atoms with Gasteiger partial charge in [0.25, 0.3) is 0 Å². The summed E-state index contributed by atoms with van der Waals surface area (Å²) in [5, 5.41) is 0. The van der Waals surface area contributed by atoms with Crippen LogP contribution >= 0.6 is 18.8 Å². The molecular weight excluding hydrogens is 207 g/mol. The fraction of sp³-hybridized carbons (Fsp3) is 1.00. The summed E-state index contributed by atoms with van der Waals surface area (Å²) in [6, 6.07) is 0. The van der Waals surface area contributed by atoms with Crippen molar-refractivity contribution >= 4 is 38.5 Å². The molecule has 1 fully saturated rings. The Labute approximate surface area is 48.5 Å². The van der Waals surface area contributed by atoms with E-state index in [4.69, 9.17) is 0 Å². The van der Waals surface area contributed by atoms with Crippen LogP contribution < -0.4 is 0 Å². The molecule has 0 aromatic rings. The number of hydrogen-bond donors (Lipinski definition) is 0. The van der Waals surface area contributed by atoms with E-state index in [1.165, 1.54) is 5.75 Å². The Balaban J connectivity index is 2.08. The van der Waals surface area contributed by atoms with Crippen molar-refractivity contribution in [2.75, 3.05) is 5.75 Å². The Morgan fingerprint density at radius 1 is 1.60 bits per heavy atom. The van der Waals surface area contributed by atoms with E-state index in [0.717, 1.165) is 0 Å². The molecule has 0 nitrogen and oxygen atoms in total. The monoisotopic (exact) mass is 212 g/mol. The molecule has 1 saturated heterocycles. The summed E-state index contributed by atoms with van der Waals surface area (Å²) in [6.45, 7) is 0. The minimum atomic E-state index is 0.209. The standard InChI is InChI=1S/C2H5S2.Sn/c1-2-4-3;/h3H,1-2H2;/q;+1/p-1. The zero-order chi connectivity index (χ0) is 3.54. The van der Waals surface area contributed by atoms with Gasteiger partial charge in [-0.2, -0.15) is 0 Å². The molecule has 1 heterocycles. The van der Waals surface area contributed by atoms with E-state index in [1.807, 2.05) is 0 Å². The summed E-state index contributed by atoms with van der Waals surface area (Å²) < 4.78 is 1.60. The van der Waals surface area contributed by atoms with Gasteiger partial charge in [-0.25, -0.2) is 0 Å². The molecule has 0 saturated carbocycles. The molecule has 0 spiro atoms. The topological polar surface area (TPSA) is 0 Å². The van der Waals surface area contributed by atoms with E-state index in [0.29, 0.717) is 0 Å². The van der Waals surface area contributed by atoms with E-state index in [1.54, 1.807) is 4.44 Å². The van der Waals surface area contributed by atoms with Crippen molar-refractivity contribution in [3.05, 3.63) is 0 Å². The van der Waals surface area contributed by atoms with E-state index in [2.05, 4.69) is 18.8 Å². The fourth-order valence-electron chi connectivity index (χ4n) is 0.208. The van der Waals surface area contributed by atoms with Crippen molar-refractivity contribution in [3.8, 4) is 0 Å². The molecule has 1 aliphatic heterocycles. The molecule has 3 heteroatoms. The van der Waals surface area contributed by atoms with Crippen LogP contribution in [0.5, 0.6) is 0 Å². The van der Waals surface area contributed by atoms with Crippen LogP contribution in [0, 0.1) is 0 Å². The summed E-state index contributed by atoms with van der Waals surface area (Å²) in [5.41, 5.74) is 0. The van der Waals surface area contributed by atoms with Crippen molar-refractivity contribution in [1.29, 1.82) is 0 Å². The third kappa shape index (κ3) is 1.59. The fourth-order valence-corrected chi connectivity index (χ4v) is 12.6. The van der Waals surface area contributed by atoms with Gasteiger partial charge in [0.05, 0.1) is 0 Å². The van der Waals surface area contributed by atoms with Crippen LogP contribution in [0.4, 0.5) is 0 Å². The molecule has 0 N–H and O–H groups in total. The Bertz CT molecular complexity index is 19.2. The predicted molar refractivity (Wildman–Crippen MR) is 30.6 cm³/mol. The summed E-state index contributed by atoms with van der Waals surface area (Å²) in [6.07, 6.45) is 0. The number of hydrogen-bond acceptors (Lipinski definition) is 2. The van der Waals surface area contributed by atoms with Gasteiger partial charge in [-0.1, -0.05) is 0 Å². The second-order valence-electron chi connectivity index (χ2n) is 0.800. The first-order valence-corrected chi connectivity index (χ1v) is 9.35. The Morgan fingerprint density at radius 2 is 2.60 bits per heavy atom. The first-order valence-electron chi connectivity index (χ1n) is 1.51. The average molecular weight is 211 g/mol. The van der Waals surface area contributed by atoms with Crippen LogP contribution in [0.1, 0.15) is 0 Å². The van der Waals surface area contributed by atoms with Crippen LogP contribution in [-0.2, 0) is 0 Å². The van der Waals surface area contributed by atoms with Crippen molar-refractivity contribution in [2.45, 2.75) is 4.44 Å². The summed E-state index contributed by atoms with van der Waals surface area (Å²) >= 11 is 0.209. The normalized spacial score (nSPS) is 24.0. The number of rotatable bonds is 0. The molecule has 0 amide bonds. The van der Waals surface area contributed by atoms with Gasteiger partial charge in [0, 0.05) is 0 Å². The Hall–Kier alpha value is 1.50. The minimum absolute atomic E-state index is 0.209. The first kappa shape index (κ1) is 4.65. The summed E-state index contributed by atoms with van der Waals surface area (Å²) in [5.74, 6) is 1.46.